The molecule has 0 aliphatic heterocycles. The van der Waals surface area contributed by atoms with E-state index in [1.807, 2.05) is 0 Å². The second-order valence-corrected chi connectivity index (χ2v) is 4.80. The van der Waals surface area contributed by atoms with Crippen LogP contribution < -0.4 is 5.32 Å². The van der Waals surface area contributed by atoms with Crippen molar-refractivity contribution >= 4 is 0 Å². The number of aromatic nitrogens is 2. The largest absolute Gasteiger partial charge is 0.383 e. The first-order valence-corrected chi connectivity index (χ1v) is 6.59. The van der Waals surface area contributed by atoms with E-state index in [1.54, 1.807) is 7.11 Å². The first kappa shape index (κ1) is 12.6. The van der Waals surface area contributed by atoms with E-state index in [4.69, 9.17) is 4.74 Å². The second-order valence-electron chi connectivity index (χ2n) is 4.80. The molecule has 0 saturated heterocycles. The SMILES string of the molecule is CCC1CCc2nc(CNCCOC)[nH]c2C1. The zero-order chi connectivity index (χ0) is 12.1. The molecule has 0 saturated carbocycles. The highest BCUT2D eigenvalue weighted by Crippen LogP contribution is 2.25. The predicted octanol–water partition coefficient (Wildman–Crippen LogP) is 1.66. The molecule has 1 unspecified atom stereocenters. The molecule has 0 fully saturated rings. The van der Waals surface area contributed by atoms with Crippen molar-refractivity contribution in [1.82, 2.24) is 15.3 Å². The van der Waals surface area contributed by atoms with Gasteiger partial charge in [-0.1, -0.05) is 13.3 Å². The fourth-order valence-corrected chi connectivity index (χ4v) is 2.43. The molecule has 1 aliphatic carbocycles. The third-order valence-corrected chi connectivity index (χ3v) is 3.55. The lowest BCUT2D eigenvalue weighted by atomic mass is 9.88. The molecule has 0 amide bonds. The molecule has 0 bridgehead atoms. The van der Waals surface area contributed by atoms with E-state index in [2.05, 4.69) is 22.2 Å². The zero-order valence-corrected chi connectivity index (χ0v) is 10.9. The zero-order valence-electron chi connectivity index (χ0n) is 10.9. The van der Waals surface area contributed by atoms with Gasteiger partial charge < -0.3 is 15.0 Å². The van der Waals surface area contributed by atoms with Crippen LogP contribution in [-0.4, -0.2) is 30.2 Å². The third kappa shape index (κ3) is 3.30. The van der Waals surface area contributed by atoms with Crippen LogP contribution in [0.4, 0.5) is 0 Å². The Kier molecular flexibility index (Phi) is 4.57. The molecule has 1 atom stereocenters. The minimum Gasteiger partial charge on any atom is -0.383 e. The van der Waals surface area contributed by atoms with E-state index < -0.39 is 0 Å². The van der Waals surface area contributed by atoms with Gasteiger partial charge in [-0.2, -0.15) is 0 Å². The molecule has 17 heavy (non-hydrogen) atoms. The molecule has 2 N–H and O–H groups in total. The number of aryl methyl sites for hydroxylation is 1. The summed E-state index contributed by atoms with van der Waals surface area (Å²) in [6.07, 6.45) is 4.89. The molecule has 1 aliphatic rings. The summed E-state index contributed by atoms with van der Waals surface area (Å²) in [5, 5.41) is 3.32. The number of fused-ring (bicyclic) bond motifs is 1. The van der Waals surface area contributed by atoms with Crippen molar-refractivity contribution in [3.63, 3.8) is 0 Å². The number of H-pyrrole nitrogens is 1. The smallest absolute Gasteiger partial charge is 0.120 e. The molecular weight excluding hydrogens is 214 g/mol. The van der Waals surface area contributed by atoms with Crippen LogP contribution in [0.25, 0.3) is 0 Å². The lowest BCUT2D eigenvalue weighted by molar-refractivity contribution is 0.199. The molecule has 2 rings (SSSR count). The summed E-state index contributed by atoms with van der Waals surface area (Å²) >= 11 is 0. The maximum atomic E-state index is 5.00. The Hall–Kier alpha value is -0.870. The number of hydrogen-bond acceptors (Lipinski definition) is 3. The van der Waals surface area contributed by atoms with Crippen molar-refractivity contribution < 1.29 is 4.74 Å². The van der Waals surface area contributed by atoms with Gasteiger partial charge in [0.05, 0.1) is 18.8 Å². The number of methoxy groups -OCH3 is 1. The maximum absolute atomic E-state index is 5.00. The average Bonchev–Trinajstić information content (AvgIpc) is 2.76. The van der Waals surface area contributed by atoms with E-state index in [9.17, 15) is 0 Å². The van der Waals surface area contributed by atoms with Gasteiger partial charge in [-0.3, -0.25) is 0 Å². The van der Waals surface area contributed by atoms with Crippen molar-refractivity contribution in [3.05, 3.63) is 17.2 Å². The van der Waals surface area contributed by atoms with E-state index in [0.717, 1.165) is 37.9 Å². The Morgan fingerprint density at radius 1 is 1.53 bits per heavy atom. The summed E-state index contributed by atoms with van der Waals surface area (Å²) in [4.78, 5) is 8.12. The number of rotatable bonds is 6. The van der Waals surface area contributed by atoms with Crippen molar-refractivity contribution in [2.45, 2.75) is 39.2 Å². The molecule has 4 heteroatoms. The number of nitrogens with zero attached hydrogens (tertiary/aromatic N) is 1. The summed E-state index contributed by atoms with van der Waals surface area (Å²) in [7, 11) is 1.72. The quantitative estimate of drug-likeness (QED) is 0.740. The molecular formula is C13H23N3O. The molecule has 0 spiro atoms. The van der Waals surface area contributed by atoms with Gasteiger partial charge in [0, 0.05) is 19.3 Å². The number of imidazole rings is 1. The normalized spacial score (nSPS) is 19.3. The third-order valence-electron chi connectivity index (χ3n) is 3.55. The summed E-state index contributed by atoms with van der Waals surface area (Å²) in [5.74, 6) is 1.92. The first-order chi connectivity index (χ1) is 8.33. The predicted molar refractivity (Wildman–Crippen MR) is 68.0 cm³/mol. The van der Waals surface area contributed by atoms with Crippen LogP contribution in [0.15, 0.2) is 0 Å². The van der Waals surface area contributed by atoms with Gasteiger partial charge in [0.2, 0.25) is 0 Å². The molecule has 4 nitrogen and oxygen atoms in total. The van der Waals surface area contributed by atoms with Gasteiger partial charge in [-0.25, -0.2) is 4.98 Å². The van der Waals surface area contributed by atoms with Gasteiger partial charge >= 0.3 is 0 Å². The minimum atomic E-state index is 0.748. The fraction of sp³-hybridized carbons (Fsp3) is 0.769. The lowest BCUT2D eigenvalue weighted by Crippen LogP contribution is -2.19. The van der Waals surface area contributed by atoms with Gasteiger partial charge in [-0.05, 0) is 25.2 Å². The maximum Gasteiger partial charge on any atom is 0.120 e. The van der Waals surface area contributed by atoms with Crippen molar-refractivity contribution in [2.75, 3.05) is 20.3 Å². The highest BCUT2D eigenvalue weighted by molar-refractivity contribution is 5.18. The van der Waals surface area contributed by atoms with Gasteiger partial charge in [0.1, 0.15) is 5.82 Å². The molecule has 0 radical (unpaired) electrons. The number of aromatic amines is 1. The molecule has 1 aromatic rings. The lowest BCUT2D eigenvalue weighted by Gasteiger charge is -2.19. The fourth-order valence-electron chi connectivity index (χ4n) is 2.43. The van der Waals surface area contributed by atoms with E-state index in [-0.39, 0.29) is 0 Å². The Morgan fingerprint density at radius 3 is 3.18 bits per heavy atom. The van der Waals surface area contributed by atoms with E-state index in [0.29, 0.717) is 0 Å². The van der Waals surface area contributed by atoms with Crippen LogP contribution in [0.3, 0.4) is 0 Å². The second kappa shape index (κ2) is 6.17. The van der Waals surface area contributed by atoms with Crippen LogP contribution in [0.1, 0.15) is 37.0 Å². The van der Waals surface area contributed by atoms with E-state index >= 15 is 0 Å². The highest BCUT2D eigenvalue weighted by Gasteiger charge is 2.20. The molecule has 96 valence electrons. The number of ether oxygens (including phenoxy) is 1. The minimum absolute atomic E-state index is 0.748. The van der Waals surface area contributed by atoms with Crippen LogP contribution >= 0.6 is 0 Å². The molecule has 1 aromatic heterocycles. The van der Waals surface area contributed by atoms with Crippen LogP contribution in [-0.2, 0) is 24.1 Å². The van der Waals surface area contributed by atoms with Crippen molar-refractivity contribution in [3.8, 4) is 0 Å². The van der Waals surface area contributed by atoms with Crippen molar-refractivity contribution in [1.29, 1.82) is 0 Å². The molecule has 0 aromatic carbocycles. The van der Waals surface area contributed by atoms with E-state index in [1.165, 1.54) is 30.7 Å². The monoisotopic (exact) mass is 237 g/mol. The van der Waals surface area contributed by atoms with Gasteiger partial charge in [0.15, 0.2) is 0 Å². The van der Waals surface area contributed by atoms with Gasteiger partial charge in [0.25, 0.3) is 0 Å². The highest BCUT2D eigenvalue weighted by atomic mass is 16.5. The summed E-state index contributed by atoms with van der Waals surface area (Å²) < 4.78 is 5.00. The number of hydrogen-bond donors (Lipinski definition) is 2. The standard InChI is InChI=1S/C13H23N3O/c1-3-10-4-5-11-12(8-10)16-13(15-11)9-14-6-7-17-2/h10,14H,3-9H2,1-2H3,(H,15,16). The van der Waals surface area contributed by atoms with Gasteiger partial charge in [-0.15, -0.1) is 0 Å². The van der Waals surface area contributed by atoms with Crippen molar-refractivity contribution in [2.24, 2.45) is 5.92 Å². The Bertz CT molecular complexity index is 348. The summed E-state index contributed by atoms with van der Waals surface area (Å²) in [6, 6.07) is 0. The van der Waals surface area contributed by atoms with Crippen LogP contribution in [0.2, 0.25) is 0 Å². The Labute approximate surface area is 103 Å². The Morgan fingerprint density at radius 2 is 2.41 bits per heavy atom. The summed E-state index contributed by atoms with van der Waals surface area (Å²) in [6.45, 7) is 4.71. The first-order valence-electron chi connectivity index (χ1n) is 6.59. The molecule has 1 heterocycles. The van der Waals surface area contributed by atoms with Crippen LogP contribution in [0, 0.1) is 5.92 Å². The summed E-state index contributed by atoms with van der Waals surface area (Å²) in [5.41, 5.74) is 2.66. The topological polar surface area (TPSA) is 49.9 Å². The van der Waals surface area contributed by atoms with Crippen LogP contribution in [0.5, 0.6) is 0 Å². The Balaban J connectivity index is 1.87. The average molecular weight is 237 g/mol. The number of nitrogens with one attached hydrogen (secondary N) is 2.